The summed E-state index contributed by atoms with van der Waals surface area (Å²) in [5.41, 5.74) is 3.33. The Morgan fingerprint density at radius 2 is 2.04 bits per heavy atom. The van der Waals surface area contributed by atoms with Crippen LogP contribution in [0, 0.1) is 5.92 Å². The van der Waals surface area contributed by atoms with Gasteiger partial charge in [0.05, 0.1) is 25.5 Å². The lowest BCUT2D eigenvalue weighted by Crippen LogP contribution is -2.44. The van der Waals surface area contributed by atoms with Crippen molar-refractivity contribution in [1.82, 2.24) is 19.6 Å². The van der Waals surface area contributed by atoms with E-state index in [0.717, 1.165) is 37.4 Å². The number of hydrogen-bond donors (Lipinski definition) is 1. The smallest absolute Gasteiger partial charge is 0.317 e. The van der Waals surface area contributed by atoms with Crippen LogP contribution in [0.2, 0.25) is 0 Å². The molecule has 7 heteroatoms. The average Bonchev–Trinajstić information content (AvgIpc) is 2.78. The van der Waals surface area contributed by atoms with E-state index in [4.69, 9.17) is 4.74 Å². The van der Waals surface area contributed by atoms with Crippen molar-refractivity contribution in [3.63, 3.8) is 0 Å². The van der Waals surface area contributed by atoms with Gasteiger partial charge in [0, 0.05) is 62.5 Å². The van der Waals surface area contributed by atoms with Gasteiger partial charge in [0.15, 0.2) is 0 Å². The zero-order chi connectivity index (χ0) is 18.8. The number of benzene rings is 1. The molecule has 0 amide bonds. The Kier molecular flexibility index (Phi) is 5.24. The van der Waals surface area contributed by atoms with E-state index >= 15 is 0 Å². The molecule has 7 nitrogen and oxygen atoms in total. The quantitative estimate of drug-likeness (QED) is 0.856. The predicted octanol–water partition coefficient (Wildman–Crippen LogP) is 1.30. The summed E-state index contributed by atoms with van der Waals surface area (Å²) in [6.07, 6.45) is 2.09. The first-order valence-electron chi connectivity index (χ1n) is 9.42. The number of aromatic nitrogens is 2. The molecule has 2 aliphatic heterocycles. The van der Waals surface area contributed by atoms with Crippen LogP contribution in [0.4, 0.5) is 0 Å². The summed E-state index contributed by atoms with van der Waals surface area (Å²) in [6, 6.07) is 10.4. The zero-order valence-corrected chi connectivity index (χ0v) is 15.6. The monoisotopic (exact) mass is 370 g/mol. The van der Waals surface area contributed by atoms with Crippen molar-refractivity contribution < 1.29 is 14.6 Å². The van der Waals surface area contributed by atoms with Crippen LogP contribution in [0.1, 0.15) is 5.56 Å². The highest BCUT2D eigenvalue weighted by Crippen LogP contribution is 2.26. The topological polar surface area (TPSA) is 70.8 Å². The molecule has 0 unspecified atom stereocenters. The molecule has 0 aliphatic carbocycles. The van der Waals surface area contributed by atoms with Gasteiger partial charge in [-0.2, -0.15) is 5.10 Å². The molecule has 1 N–H and O–H groups in total. The fraction of sp³-hybridized carbons (Fsp3) is 0.500. The van der Waals surface area contributed by atoms with Crippen LogP contribution in [-0.4, -0.2) is 76.1 Å². The first-order chi connectivity index (χ1) is 13.1. The summed E-state index contributed by atoms with van der Waals surface area (Å²) in [6.45, 7) is 4.66. The van der Waals surface area contributed by atoms with Crippen molar-refractivity contribution in [2.75, 3.05) is 39.4 Å². The molecule has 2 aliphatic rings. The number of aliphatic carboxylic acids is 1. The Balaban J connectivity index is 1.57. The summed E-state index contributed by atoms with van der Waals surface area (Å²) < 4.78 is 7.74. The molecule has 0 spiro atoms. The van der Waals surface area contributed by atoms with Gasteiger partial charge in [-0.25, -0.2) is 0 Å². The van der Waals surface area contributed by atoms with Crippen LogP contribution in [0.3, 0.4) is 0 Å². The van der Waals surface area contributed by atoms with Gasteiger partial charge in [0.25, 0.3) is 0 Å². The zero-order valence-electron chi connectivity index (χ0n) is 15.6. The molecule has 2 saturated heterocycles. The van der Waals surface area contributed by atoms with Crippen molar-refractivity contribution >= 4 is 5.97 Å². The second kappa shape index (κ2) is 7.80. The number of ether oxygens (including phenoxy) is 1. The standard InChI is InChI=1S/C20H26N4O3/c1-22-9-17(20(21-22)16-5-3-2-4-6-16)10-24-8-15-7-23(12-19(25)26)11-18(24)14-27-13-15/h2-6,9,15,18H,7-8,10-14H2,1H3,(H,25,26)/t15-,18-/m0/s1. The van der Waals surface area contributed by atoms with Crippen LogP contribution in [0.5, 0.6) is 0 Å². The number of rotatable bonds is 5. The minimum Gasteiger partial charge on any atom is -0.480 e. The lowest BCUT2D eigenvalue weighted by molar-refractivity contribution is -0.138. The molecule has 3 heterocycles. The fourth-order valence-corrected chi connectivity index (χ4v) is 4.25. The maximum atomic E-state index is 11.2. The second-order valence-electron chi connectivity index (χ2n) is 7.62. The number of carboxylic acids is 1. The third kappa shape index (κ3) is 4.21. The Labute approximate surface area is 159 Å². The molecule has 144 valence electrons. The van der Waals surface area contributed by atoms with E-state index in [9.17, 15) is 9.90 Å². The number of nitrogens with zero attached hydrogens (tertiary/aromatic N) is 4. The normalized spacial score (nSPS) is 23.9. The van der Waals surface area contributed by atoms with Crippen LogP contribution < -0.4 is 0 Å². The van der Waals surface area contributed by atoms with Gasteiger partial charge in [0.1, 0.15) is 0 Å². The van der Waals surface area contributed by atoms with E-state index in [-0.39, 0.29) is 12.6 Å². The van der Waals surface area contributed by atoms with Gasteiger partial charge in [-0.1, -0.05) is 30.3 Å². The number of carboxylic acid groups (broad SMARTS) is 1. The first kappa shape index (κ1) is 18.2. The van der Waals surface area contributed by atoms with Crippen molar-refractivity contribution in [2.24, 2.45) is 13.0 Å². The predicted molar refractivity (Wildman–Crippen MR) is 101 cm³/mol. The van der Waals surface area contributed by atoms with Gasteiger partial charge in [-0.15, -0.1) is 0 Å². The van der Waals surface area contributed by atoms with Crippen molar-refractivity contribution in [2.45, 2.75) is 12.6 Å². The van der Waals surface area contributed by atoms with Gasteiger partial charge in [-0.3, -0.25) is 19.3 Å². The van der Waals surface area contributed by atoms with E-state index in [1.807, 2.05) is 29.9 Å². The number of fused-ring (bicyclic) bond motifs is 3. The Bertz CT molecular complexity index is 792. The number of aryl methyl sites for hydroxylation is 1. The largest absolute Gasteiger partial charge is 0.480 e. The highest BCUT2D eigenvalue weighted by atomic mass is 16.5. The molecule has 1 aromatic heterocycles. The van der Waals surface area contributed by atoms with E-state index in [1.54, 1.807) is 0 Å². The minimum absolute atomic E-state index is 0.100. The number of hydrogen-bond acceptors (Lipinski definition) is 5. The molecule has 0 saturated carbocycles. The molecule has 1 aromatic carbocycles. The first-order valence-corrected chi connectivity index (χ1v) is 9.42. The summed E-state index contributed by atoms with van der Waals surface area (Å²) in [7, 11) is 1.95. The van der Waals surface area contributed by atoms with Crippen LogP contribution >= 0.6 is 0 Å². The Hall–Kier alpha value is -2.22. The molecule has 2 bridgehead atoms. The highest BCUT2D eigenvalue weighted by Gasteiger charge is 2.34. The molecule has 2 fully saturated rings. The Morgan fingerprint density at radius 1 is 1.22 bits per heavy atom. The van der Waals surface area contributed by atoms with E-state index in [0.29, 0.717) is 19.1 Å². The Morgan fingerprint density at radius 3 is 2.81 bits per heavy atom. The third-order valence-electron chi connectivity index (χ3n) is 5.34. The molecule has 2 atom stereocenters. The summed E-state index contributed by atoms with van der Waals surface area (Å²) >= 11 is 0. The third-order valence-corrected chi connectivity index (χ3v) is 5.34. The fourth-order valence-electron chi connectivity index (χ4n) is 4.25. The molecule has 0 radical (unpaired) electrons. The molecular weight excluding hydrogens is 344 g/mol. The number of carbonyl (C=O) groups is 1. The van der Waals surface area contributed by atoms with Crippen molar-refractivity contribution in [3.05, 3.63) is 42.1 Å². The van der Waals surface area contributed by atoms with Crippen molar-refractivity contribution in [3.8, 4) is 11.3 Å². The van der Waals surface area contributed by atoms with E-state index < -0.39 is 5.97 Å². The lowest BCUT2D eigenvalue weighted by Gasteiger charge is -2.30. The van der Waals surface area contributed by atoms with Crippen LogP contribution in [-0.2, 0) is 23.1 Å². The maximum absolute atomic E-state index is 11.2. The summed E-state index contributed by atoms with van der Waals surface area (Å²) in [4.78, 5) is 15.7. The summed E-state index contributed by atoms with van der Waals surface area (Å²) in [5, 5.41) is 13.9. The minimum atomic E-state index is -0.763. The molecule has 4 rings (SSSR count). The van der Waals surface area contributed by atoms with E-state index in [2.05, 4.69) is 33.2 Å². The molecular formula is C20H26N4O3. The molecule has 2 aromatic rings. The van der Waals surface area contributed by atoms with Gasteiger partial charge in [-0.05, 0) is 0 Å². The summed E-state index contributed by atoms with van der Waals surface area (Å²) in [5.74, 6) is -0.435. The maximum Gasteiger partial charge on any atom is 0.317 e. The second-order valence-corrected chi connectivity index (χ2v) is 7.62. The van der Waals surface area contributed by atoms with Gasteiger partial charge < -0.3 is 9.84 Å². The van der Waals surface area contributed by atoms with E-state index in [1.165, 1.54) is 5.56 Å². The van der Waals surface area contributed by atoms with Gasteiger partial charge >= 0.3 is 5.97 Å². The van der Waals surface area contributed by atoms with Crippen molar-refractivity contribution in [1.29, 1.82) is 0 Å². The van der Waals surface area contributed by atoms with Gasteiger partial charge in [0.2, 0.25) is 0 Å². The lowest BCUT2D eigenvalue weighted by atomic mass is 10.1. The SMILES string of the molecule is Cn1cc(CN2C[C@H]3COC[C@@H]2CN(CC(=O)O)C3)c(-c2ccccc2)n1. The highest BCUT2D eigenvalue weighted by molar-refractivity contribution is 5.69. The van der Waals surface area contributed by atoms with Crippen LogP contribution in [0.25, 0.3) is 11.3 Å². The van der Waals surface area contributed by atoms with Crippen LogP contribution in [0.15, 0.2) is 36.5 Å². The molecule has 27 heavy (non-hydrogen) atoms. The average molecular weight is 370 g/mol.